The maximum atomic E-state index is 13.2. The number of amides is 1. The van der Waals surface area contributed by atoms with E-state index in [-0.39, 0.29) is 18.0 Å². The molecular formula is C18H27N5O. The van der Waals surface area contributed by atoms with Gasteiger partial charge in [0.25, 0.3) is 5.91 Å². The van der Waals surface area contributed by atoms with Gasteiger partial charge in [-0.25, -0.2) is 9.67 Å². The molecule has 2 unspecified atom stereocenters. The molecule has 1 fully saturated rings. The molecule has 2 aromatic rings. The Hall–Kier alpha value is -1.95. The van der Waals surface area contributed by atoms with Crippen molar-refractivity contribution >= 4 is 16.9 Å². The molecular weight excluding hydrogens is 302 g/mol. The quantitative estimate of drug-likeness (QED) is 0.915. The highest BCUT2D eigenvalue weighted by Gasteiger charge is 2.30. The van der Waals surface area contributed by atoms with Crippen molar-refractivity contribution in [2.24, 2.45) is 0 Å². The van der Waals surface area contributed by atoms with Crippen molar-refractivity contribution < 1.29 is 4.79 Å². The summed E-state index contributed by atoms with van der Waals surface area (Å²) < 4.78 is 1.94. The van der Waals surface area contributed by atoms with Crippen LogP contribution in [0, 0.1) is 6.92 Å². The average molecular weight is 329 g/mol. The first-order valence-corrected chi connectivity index (χ1v) is 8.87. The molecule has 130 valence electrons. The van der Waals surface area contributed by atoms with E-state index in [0.717, 1.165) is 54.6 Å². The van der Waals surface area contributed by atoms with Crippen molar-refractivity contribution in [1.29, 1.82) is 0 Å². The number of hydrogen-bond donors (Lipinski definition) is 1. The molecule has 1 saturated heterocycles. The highest BCUT2D eigenvalue weighted by atomic mass is 16.2. The number of nitrogens with one attached hydrogen (secondary N) is 1. The number of hydrogen-bond acceptors (Lipinski definition) is 4. The smallest absolute Gasteiger partial charge is 0.255 e. The summed E-state index contributed by atoms with van der Waals surface area (Å²) in [4.78, 5) is 19.8. The molecule has 0 saturated carbocycles. The van der Waals surface area contributed by atoms with Gasteiger partial charge in [0.15, 0.2) is 5.65 Å². The standard InChI is InChI=1S/C18H27N5O/c1-5-13(3)23-17-16(11-20-23)15(9-12(2)21-17)18(24)22-8-6-7-14(22)10-19-4/h9,11,13-14,19H,5-8,10H2,1-4H3. The van der Waals surface area contributed by atoms with Gasteiger partial charge in [0.05, 0.1) is 23.2 Å². The number of carbonyl (C=O) groups excluding carboxylic acids is 1. The lowest BCUT2D eigenvalue weighted by Gasteiger charge is -2.25. The Morgan fingerprint density at radius 3 is 3.00 bits per heavy atom. The van der Waals surface area contributed by atoms with E-state index in [2.05, 4.69) is 29.2 Å². The maximum absolute atomic E-state index is 13.2. The fourth-order valence-electron chi connectivity index (χ4n) is 3.52. The molecule has 1 N–H and O–H groups in total. The zero-order chi connectivity index (χ0) is 17.3. The molecule has 0 aliphatic carbocycles. The summed E-state index contributed by atoms with van der Waals surface area (Å²) in [7, 11) is 1.94. The summed E-state index contributed by atoms with van der Waals surface area (Å²) in [6.07, 6.45) is 4.90. The Bertz CT molecular complexity index is 738. The molecule has 0 bridgehead atoms. The fraction of sp³-hybridized carbons (Fsp3) is 0.611. The van der Waals surface area contributed by atoms with Crippen molar-refractivity contribution in [2.45, 2.75) is 52.1 Å². The number of pyridine rings is 1. The van der Waals surface area contributed by atoms with Crippen LogP contribution in [0.3, 0.4) is 0 Å². The second kappa shape index (κ2) is 6.89. The van der Waals surface area contributed by atoms with Crippen molar-refractivity contribution in [3.05, 3.63) is 23.5 Å². The van der Waals surface area contributed by atoms with Crippen molar-refractivity contribution in [1.82, 2.24) is 25.0 Å². The number of carbonyl (C=O) groups is 1. The van der Waals surface area contributed by atoms with Gasteiger partial charge in [-0.1, -0.05) is 6.92 Å². The molecule has 6 nitrogen and oxygen atoms in total. The van der Waals surface area contributed by atoms with Gasteiger partial charge < -0.3 is 10.2 Å². The summed E-state index contributed by atoms with van der Waals surface area (Å²) in [5, 5.41) is 8.56. The van der Waals surface area contributed by atoms with Crippen molar-refractivity contribution in [3.63, 3.8) is 0 Å². The number of likely N-dealkylation sites (N-methyl/N-ethyl adjacent to an activating group) is 1. The van der Waals surface area contributed by atoms with E-state index in [1.165, 1.54) is 0 Å². The highest BCUT2D eigenvalue weighted by molar-refractivity contribution is 6.05. The number of aryl methyl sites for hydroxylation is 1. The van der Waals surface area contributed by atoms with Crippen LogP contribution in [0.15, 0.2) is 12.3 Å². The van der Waals surface area contributed by atoms with E-state index in [4.69, 9.17) is 0 Å². The normalized spacial score (nSPS) is 19.2. The van der Waals surface area contributed by atoms with E-state index < -0.39 is 0 Å². The zero-order valence-electron chi connectivity index (χ0n) is 15.0. The summed E-state index contributed by atoms with van der Waals surface area (Å²) in [6.45, 7) is 7.87. The average Bonchev–Trinajstić information content (AvgIpc) is 3.20. The lowest BCUT2D eigenvalue weighted by atomic mass is 10.1. The van der Waals surface area contributed by atoms with Gasteiger partial charge in [-0.05, 0) is 46.2 Å². The van der Waals surface area contributed by atoms with Gasteiger partial charge in [-0.3, -0.25) is 4.79 Å². The number of aromatic nitrogens is 3. The number of likely N-dealkylation sites (tertiary alicyclic amines) is 1. The molecule has 3 heterocycles. The number of fused-ring (bicyclic) bond motifs is 1. The van der Waals surface area contributed by atoms with Crippen molar-refractivity contribution in [2.75, 3.05) is 20.1 Å². The molecule has 1 amide bonds. The molecule has 2 aromatic heterocycles. The first kappa shape index (κ1) is 16.9. The summed E-state index contributed by atoms with van der Waals surface area (Å²) in [5.74, 6) is 0.104. The Kier molecular flexibility index (Phi) is 4.85. The molecule has 3 rings (SSSR count). The fourth-order valence-corrected chi connectivity index (χ4v) is 3.52. The summed E-state index contributed by atoms with van der Waals surface area (Å²) in [6, 6.07) is 2.45. The van der Waals surface area contributed by atoms with Crippen LogP contribution >= 0.6 is 0 Å². The monoisotopic (exact) mass is 329 g/mol. The Balaban J connectivity index is 2.03. The maximum Gasteiger partial charge on any atom is 0.255 e. The van der Waals surface area contributed by atoms with E-state index >= 15 is 0 Å². The van der Waals surface area contributed by atoms with Crippen LogP contribution in [0.2, 0.25) is 0 Å². The third kappa shape index (κ3) is 2.90. The molecule has 0 spiro atoms. The van der Waals surface area contributed by atoms with Crippen molar-refractivity contribution in [3.8, 4) is 0 Å². The lowest BCUT2D eigenvalue weighted by molar-refractivity contribution is 0.0739. The van der Waals surface area contributed by atoms with Gasteiger partial charge in [-0.15, -0.1) is 0 Å². The van der Waals surface area contributed by atoms with E-state index in [0.29, 0.717) is 0 Å². The zero-order valence-corrected chi connectivity index (χ0v) is 15.0. The van der Waals surface area contributed by atoms with E-state index in [9.17, 15) is 4.79 Å². The summed E-state index contributed by atoms with van der Waals surface area (Å²) in [5.41, 5.74) is 2.41. The van der Waals surface area contributed by atoms with Gasteiger partial charge in [0.1, 0.15) is 0 Å². The van der Waals surface area contributed by atoms with Crippen LogP contribution in [-0.4, -0.2) is 51.8 Å². The van der Waals surface area contributed by atoms with E-state index in [1.54, 1.807) is 6.20 Å². The minimum Gasteiger partial charge on any atom is -0.334 e. The number of rotatable bonds is 5. The molecule has 2 atom stereocenters. The molecule has 1 aliphatic rings. The Morgan fingerprint density at radius 1 is 1.50 bits per heavy atom. The minimum atomic E-state index is 0.104. The Morgan fingerprint density at radius 2 is 2.29 bits per heavy atom. The third-order valence-corrected chi connectivity index (χ3v) is 5.01. The SMILES string of the molecule is CCC(C)n1ncc2c(C(=O)N3CCCC3CNC)cc(C)nc21. The summed E-state index contributed by atoms with van der Waals surface area (Å²) >= 11 is 0. The second-order valence-electron chi connectivity index (χ2n) is 6.75. The van der Waals surface area contributed by atoms with Crippen LogP contribution in [0.5, 0.6) is 0 Å². The van der Waals surface area contributed by atoms with Gasteiger partial charge in [0.2, 0.25) is 0 Å². The predicted molar refractivity (Wildman–Crippen MR) is 95.3 cm³/mol. The van der Waals surface area contributed by atoms with E-state index in [1.807, 2.05) is 29.6 Å². The highest BCUT2D eigenvalue weighted by Crippen LogP contribution is 2.26. The van der Waals surface area contributed by atoms with Crippen LogP contribution in [-0.2, 0) is 0 Å². The van der Waals surface area contributed by atoms with Crippen LogP contribution in [0.25, 0.3) is 11.0 Å². The molecule has 24 heavy (non-hydrogen) atoms. The predicted octanol–water partition coefficient (Wildman–Crippen LogP) is 2.53. The molecule has 6 heteroatoms. The molecule has 0 radical (unpaired) electrons. The first-order chi connectivity index (χ1) is 11.6. The molecule has 0 aromatic carbocycles. The second-order valence-corrected chi connectivity index (χ2v) is 6.75. The van der Waals surface area contributed by atoms with Gasteiger partial charge in [-0.2, -0.15) is 5.10 Å². The van der Waals surface area contributed by atoms with Gasteiger partial charge >= 0.3 is 0 Å². The Labute approximate surface area is 143 Å². The third-order valence-electron chi connectivity index (χ3n) is 5.01. The largest absolute Gasteiger partial charge is 0.334 e. The van der Waals surface area contributed by atoms with Gasteiger partial charge in [0, 0.05) is 24.8 Å². The molecule has 1 aliphatic heterocycles. The number of nitrogens with zero attached hydrogens (tertiary/aromatic N) is 4. The van der Waals surface area contributed by atoms with Crippen LogP contribution in [0.4, 0.5) is 0 Å². The lowest BCUT2D eigenvalue weighted by Crippen LogP contribution is -2.40. The van der Waals surface area contributed by atoms with Crippen LogP contribution < -0.4 is 5.32 Å². The minimum absolute atomic E-state index is 0.104. The first-order valence-electron chi connectivity index (χ1n) is 8.87. The van der Waals surface area contributed by atoms with Crippen LogP contribution in [0.1, 0.15) is 55.2 Å². The topological polar surface area (TPSA) is 63.1 Å².